The Labute approximate surface area is 165 Å². The van der Waals surface area contributed by atoms with Crippen molar-refractivity contribution in [2.24, 2.45) is 11.0 Å². The molecule has 0 saturated carbocycles. The Bertz CT molecular complexity index is 929. The van der Waals surface area contributed by atoms with Crippen LogP contribution >= 0.6 is 0 Å². The number of hydrazone groups is 1. The van der Waals surface area contributed by atoms with Gasteiger partial charge in [-0.15, -0.1) is 0 Å². The first-order valence-electron chi connectivity index (χ1n) is 9.11. The van der Waals surface area contributed by atoms with Crippen molar-refractivity contribution in [3.8, 4) is 0 Å². The molecule has 2 aliphatic heterocycles. The Hall–Kier alpha value is -1.99. The van der Waals surface area contributed by atoms with Crippen molar-refractivity contribution in [2.75, 3.05) is 13.1 Å². The first kappa shape index (κ1) is 21.7. The molecule has 0 unspecified atom stereocenters. The Morgan fingerprint density at radius 2 is 2.10 bits per heavy atom. The molecule has 1 amide bonds. The lowest BCUT2D eigenvalue weighted by atomic mass is 9.97. The molecule has 3 rings (SSSR count). The van der Waals surface area contributed by atoms with Gasteiger partial charge in [0.05, 0.1) is 11.6 Å². The third kappa shape index (κ3) is 3.66. The summed E-state index contributed by atoms with van der Waals surface area (Å²) >= 11 is 0. The Morgan fingerprint density at radius 1 is 1.41 bits per heavy atom. The number of alkyl halides is 3. The molecule has 0 bridgehead atoms. The fraction of sp³-hybridized carbons (Fsp3) is 0.688. The van der Waals surface area contributed by atoms with Crippen molar-refractivity contribution in [3.63, 3.8) is 0 Å². The summed E-state index contributed by atoms with van der Waals surface area (Å²) < 4.78 is 68.3. The summed E-state index contributed by atoms with van der Waals surface area (Å²) in [6, 6.07) is 0. The van der Waals surface area contributed by atoms with Crippen LogP contribution in [0.4, 0.5) is 13.2 Å². The molecular weight excluding hydrogens is 415 g/mol. The van der Waals surface area contributed by atoms with Crippen molar-refractivity contribution in [1.29, 1.82) is 0 Å². The molecule has 0 aromatic carbocycles. The zero-order chi connectivity index (χ0) is 21.6. The normalized spacial score (nSPS) is 26.3. The number of hydrogen-bond donors (Lipinski definition) is 1. The number of rotatable bonds is 4. The number of carbonyl (C=O) groups excluding carboxylic acids is 1. The zero-order valence-electron chi connectivity index (χ0n) is 15.9. The van der Waals surface area contributed by atoms with Crippen molar-refractivity contribution < 1.29 is 31.5 Å². The predicted molar refractivity (Wildman–Crippen MR) is 95.1 cm³/mol. The summed E-state index contributed by atoms with van der Waals surface area (Å²) in [6.45, 7) is 3.67. The highest BCUT2D eigenvalue weighted by Crippen LogP contribution is 2.40. The van der Waals surface area contributed by atoms with E-state index in [-0.39, 0.29) is 29.4 Å². The van der Waals surface area contributed by atoms with Gasteiger partial charge in [-0.2, -0.15) is 32.7 Å². The number of nitrogens with zero attached hydrogens (tertiary/aromatic N) is 5. The van der Waals surface area contributed by atoms with Gasteiger partial charge in [0.15, 0.2) is 0 Å². The number of aliphatic hydroxyl groups is 1. The van der Waals surface area contributed by atoms with E-state index in [1.807, 2.05) is 0 Å². The maximum absolute atomic E-state index is 13.3. The lowest BCUT2D eigenvalue weighted by Crippen LogP contribution is -2.58. The average Bonchev–Trinajstić information content (AvgIpc) is 3.24. The second-order valence-electron chi connectivity index (χ2n) is 7.10. The van der Waals surface area contributed by atoms with E-state index in [1.54, 1.807) is 13.8 Å². The van der Waals surface area contributed by atoms with E-state index in [1.165, 1.54) is 10.9 Å². The van der Waals surface area contributed by atoms with Crippen LogP contribution in [0.2, 0.25) is 0 Å². The number of aryl methyl sites for hydroxylation is 2. The summed E-state index contributed by atoms with van der Waals surface area (Å²) in [4.78, 5) is 12.7. The fourth-order valence-corrected chi connectivity index (χ4v) is 5.19. The third-order valence-corrected chi connectivity index (χ3v) is 7.13. The van der Waals surface area contributed by atoms with Gasteiger partial charge in [0.25, 0.3) is 5.72 Å². The van der Waals surface area contributed by atoms with Crippen LogP contribution in [-0.2, 0) is 21.4 Å². The van der Waals surface area contributed by atoms with Gasteiger partial charge in [0.2, 0.25) is 15.9 Å². The highest BCUT2D eigenvalue weighted by atomic mass is 32.2. The highest BCUT2D eigenvalue weighted by molar-refractivity contribution is 7.89. The van der Waals surface area contributed by atoms with Gasteiger partial charge in [-0.3, -0.25) is 9.48 Å². The molecule has 1 fully saturated rings. The van der Waals surface area contributed by atoms with Crippen LogP contribution in [0.5, 0.6) is 0 Å². The standard InChI is InChI=1S/C16H22F3N5O4S/c1-3-22-10-13(11(2)21-22)29(27,28)23-8-4-5-12(9-23)14(25)24-15(26,6-7-20-24)16(17,18)19/h7,10,12,26H,3-6,8-9H2,1-2H3/t12-,15-/m1/s1. The van der Waals surface area contributed by atoms with E-state index in [0.717, 1.165) is 10.5 Å². The fourth-order valence-electron chi connectivity index (χ4n) is 3.50. The van der Waals surface area contributed by atoms with Crippen molar-refractivity contribution in [1.82, 2.24) is 19.1 Å². The summed E-state index contributed by atoms with van der Waals surface area (Å²) in [6.07, 6.45) is -3.26. The quantitative estimate of drug-likeness (QED) is 0.759. The molecule has 2 atom stereocenters. The van der Waals surface area contributed by atoms with Crippen LogP contribution in [0.3, 0.4) is 0 Å². The number of aromatic nitrogens is 2. The van der Waals surface area contributed by atoms with E-state index in [0.29, 0.717) is 18.7 Å². The monoisotopic (exact) mass is 437 g/mol. The van der Waals surface area contributed by atoms with Gasteiger partial charge < -0.3 is 5.11 Å². The minimum absolute atomic E-state index is 0.00145. The maximum Gasteiger partial charge on any atom is 0.438 e. The van der Waals surface area contributed by atoms with Gasteiger partial charge in [0.1, 0.15) is 4.90 Å². The minimum Gasteiger partial charge on any atom is -0.362 e. The first-order valence-corrected chi connectivity index (χ1v) is 10.6. The van der Waals surface area contributed by atoms with E-state index in [2.05, 4.69) is 10.2 Å². The van der Waals surface area contributed by atoms with Crippen molar-refractivity contribution in [2.45, 2.75) is 56.5 Å². The Kier molecular flexibility index (Phi) is 5.51. The van der Waals surface area contributed by atoms with Crippen molar-refractivity contribution >= 4 is 22.1 Å². The summed E-state index contributed by atoms with van der Waals surface area (Å²) in [5.74, 6) is -2.11. The summed E-state index contributed by atoms with van der Waals surface area (Å²) in [5, 5.41) is 17.5. The lowest BCUT2D eigenvalue weighted by molar-refractivity contribution is -0.303. The average molecular weight is 437 g/mol. The lowest BCUT2D eigenvalue weighted by Gasteiger charge is -2.37. The molecular formula is C16H22F3N5O4S. The Balaban J connectivity index is 1.83. The van der Waals surface area contributed by atoms with E-state index in [9.17, 15) is 31.5 Å². The third-order valence-electron chi connectivity index (χ3n) is 5.16. The number of amides is 1. The van der Waals surface area contributed by atoms with Crippen LogP contribution in [0.15, 0.2) is 16.2 Å². The summed E-state index contributed by atoms with van der Waals surface area (Å²) in [5.41, 5.74) is -3.11. The van der Waals surface area contributed by atoms with Crippen LogP contribution in [0.25, 0.3) is 0 Å². The van der Waals surface area contributed by atoms with Crippen LogP contribution in [0, 0.1) is 12.8 Å². The summed E-state index contributed by atoms with van der Waals surface area (Å²) in [7, 11) is -3.97. The predicted octanol–water partition coefficient (Wildman–Crippen LogP) is 1.08. The maximum atomic E-state index is 13.3. The van der Waals surface area contributed by atoms with Crippen LogP contribution in [0.1, 0.15) is 31.9 Å². The van der Waals surface area contributed by atoms with Crippen molar-refractivity contribution in [3.05, 3.63) is 11.9 Å². The van der Waals surface area contributed by atoms with Gasteiger partial charge in [-0.05, 0) is 26.7 Å². The Morgan fingerprint density at radius 3 is 2.69 bits per heavy atom. The second-order valence-corrected chi connectivity index (χ2v) is 9.01. The van der Waals surface area contributed by atoms with E-state index >= 15 is 0 Å². The number of carbonyl (C=O) groups is 1. The van der Waals surface area contributed by atoms with Crippen LogP contribution in [-0.4, -0.2) is 69.7 Å². The topological polar surface area (TPSA) is 108 Å². The molecule has 1 N–H and O–H groups in total. The number of hydrogen-bond acceptors (Lipinski definition) is 6. The van der Waals surface area contributed by atoms with Crippen LogP contribution < -0.4 is 0 Å². The molecule has 9 nitrogen and oxygen atoms in total. The molecule has 29 heavy (non-hydrogen) atoms. The minimum atomic E-state index is -5.09. The first-order chi connectivity index (χ1) is 13.4. The number of piperidine rings is 1. The SMILES string of the molecule is CCn1cc(S(=O)(=O)N2CCC[C@@H](C(=O)N3N=CC[C@@]3(O)C(F)(F)F)C2)c(C)n1. The largest absolute Gasteiger partial charge is 0.438 e. The molecule has 162 valence electrons. The van der Waals surface area contributed by atoms with Gasteiger partial charge in [-0.25, -0.2) is 8.42 Å². The van der Waals surface area contributed by atoms with E-state index in [4.69, 9.17) is 0 Å². The number of halogens is 3. The van der Waals surface area contributed by atoms with Gasteiger partial charge >= 0.3 is 6.18 Å². The molecule has 3 heterocycles. The van der Waals surface area contributed by atoms with Gasteiger partial charge in [0, 0.05) is 38.5 Å². The highest BCUT2D eigenvalue weighted by Gasteiger charge is 2.62. The zero-order valence-corrected chi connectivity index (χ0v) is 16.7. The second kappa shape index (κ2) is 7.36. The molecule has 13 heteroatoms. The molecule has 0 radical (unpaired) electrons. The number of sulfonamides is 1. The molecule has 2 aliphatic rings. The van der Waals surface area contributed by atoms with E-state index < -0.39 is 40.2 Å². The van der Waals surface area contributed by atoms with Gasteiger partial charge in [-0.1, -0.05) is 0 Å². The molecule has 1 aromatic rings. The molecule has 1 saturated heterocycles. The molecule has 0 aliphatic carbocycles. The molecule has 0 spiro atoms. The molecule has 1 aromatic heterocycles. The smallest absolute Gasteiger partial charge is 0.362 e.